The number of nitrogens with zero attached hydrogens (tertiary/aromatic N) is 6. The van der Waals surface area contributed by atoms with Gasteiger partial charge in [0.1, 0.15) is 34.1 Å². The molecule has 0 saturated heterocycles. The molecule has 0 bridgehead atoms. The molecule has 7 N–H and O–H groups in total. The molecule has 3 heterocycles. The van der Waals surface area contributed by atoms with Crippen LogP contribution in [-0.4, -0.2) is 111 Å². The van der Waals surface area contributed by atoms with Gasteiger partial charge in [0.25, 0.3) is 0 Å². The molecule has 0 aliphatic heterocycles. The molecule has 24 heteroatoms. The van der Waals surface area contributed by atoms with Crippen LogP contribution in [0.2, 0.25) is 0 Å². The average Bonchev–Trinajstić information content (AvgIpc) is 3.04. The molecule has 266 valence electrons. The molecule has 0 saturated carbocycles. The predicted octanol–water partition coefficient (Wildman–Crippen LogP) is -2.38. The van der Waals surface area contributed by atoms with Crippen LogP contribution in [0.5, 0.6) is 17.6 Å². The van der Waals surface area contributed by atoms with Gasteiger partial charge < -0.3 is 28.8 Å². The first-order valence-electron chi connectivity index (χ1n) is 13.4. The zero-order chi connectivity index (χ0) is 35.9. The number of aromatic nitrogens is 6. The lowest BCUT2D eigenvalue weighted by atomic mass is 10.1. The minimum Gasteiger partial charge on any atom is -0.480 e. The van der Waals surface area contributed by atoms with Crippen LogP contribution in [0.1, 0.15) is 42.3 Å². The topological polar surface area (TPSA) is 324 Å². The molecule has 0 radical (unpaired) electrons. The van der Waals surface area contributed by atoms with E-state index in [-0.39, 0.29) is 34.7 Å². The zero-order valence-electron chi connectivity index (χ0n) is 25.9. The summed E-state index contributed by atoms with van der Waals surface area (Å²) in [5.74, 6) is 0.179. The highest BCUT2D eigenvalue weighted by atomic mass is 32.2. The molecule has 48 heavy (non-hydrogen) atoms. The third-order valence-corrected chi connectivity index (χ3v) is 10.6. The standard InChI is InChI=1S/C24H35N9O12S3/c1-13(46(25,35)36)23(15-6-32-20(42-3)9-29-15)44-12-18(48(27,39)40)24(16-7-33-21(43-4)10-30-16)45-11-17(47(26,37)38)22(34)14-5-31-19(41-2)8-28-14/h5-10,13,17-18,22-24,34H,11-12H2,1-4H3,(H2,25,35,36)(H2,26,37,38)(H2,27,39,40)/t13-,17+,18+,22+,23-,24-/m0/s1. The molecule has 0 unspecified atom stereocenters. The van der Waals surface area contributed by atoms with Crippen molar-refractivity contribution in [1.82, 2.24) is 29.9 Å². The van der Waals surface area contributed by atoms with Crippen LogP contribution in [0.3, 0.4) is 0 Å². The number of hydrogen-bond donors (Lipinski definition) is 4. The van der Waals surface area contributed by atoms with Crippen molar-refractivity contribution in [1.29, 1.82) is 0 Å². The van der Waals surface area contributed by atoms with Gasteiger partial charge in [-0.25, -0.2) is 55.6 Å². The van der Waals surface area contributed by atoms with Crippen LogP contribution in [0.15, 0.2) is 37.2 Å². The van der Waals surface area contributed by atoms with Crippen molar-refractivity contribution >= 4 is 30.1 Å². The Bertz CT molecular complexity index is 1820. The van der Waals surface area contributed by atoms with E-state index >= 15 is 0 Å². The number of nitrogens with two attached hydrogens (primary N) is 3. The molecular formula is C24H35N9O12S3. The van der Waals surface area contributed by atoms with Gasteiger partial charge in [-0.3, -0.25) is 15.0 Å². The van der Waals surface area contributed by atoms with Crippen molar-refractivity contribution in [3.63, 3.8) is 0 Å². The Morgan fingerprint density at radius 1 is 0.583 bits per heavy atom. The molecule has 6 atom stereocenters. The van der Waals surface area contributed by atoms with E-state index < -0.39 is 77.3 Å². The van der Waals surface area contributed by atoms with E-state index in [1.807, 2.05) is 0 Å². The summed E-state index contributed by atoms with van der Waals surface area (Å²) in [6, 6.07) is 0. The highest BCUT2D eigenvalue weighted by molar-refractivity contribution is 7.90. The zero-order valence-corrected chi connectivity index (χ0v) is 28.4. The minimum absolute atomic E-state index is 0.0249. The molecule has 0 amide bonds. The van der Waals surface area contributed by atoms with E-state index in [0.717, 1.165) is 31.0 Å². The molecule has 0 fully saturated rings. The van der Waals surface area contributed by atoms with Crippen LogP contribution in [0.25, 0.3) is 0 Å². The maximum atomic E-state index is 13.1. The molecule has 21 nitrogen and oxygen atoms in total. The van der Waals surface area contributed by atoms with Crippen molar-refractivity contribution in [3.8, 4) is 17.6 Å². The fourth-order valence-electron chi connectivity index (χ4n) is 4.07. The molecular weight excluding hydrogens is 703 g/mol. The monoisotopic (exact) mass is 737 g/mol. The number of rotatable bonds is 18. The van der Waals surface area contributed by atoms with Gasteiger partial charge in [0.2, 0.25) is 47.7 Å². The summed E-state index contributed by atoms with van der Waals surface area (Å²) < 4.78 is 103. The Morgan fingerprint density at radius 2 is 0.958 bits per heavy atom. The van der Waals surface area contributed by atoms with Crippen molar-refractivity contribution in [2.24, 2.45) is 15.4 Å². The molecule has 0 spiro atoms. The van der Waals surface area contributed by atoms with Crippen molar-refractivity contribution in [3.05, 3.63) is 54.3 Å². The van der Waals surface area contributed by atoms with Crippen molar-refractivity contribution in [2.45, 2.75) is 41.0 Å². The lowest BCUT2D eigenvalue weighted by Gasteiger charge is -2.30. The van der Waals surface area contributed by atoms with Gasteiger partial charge in [0.15, 0.2) is 0 Å². The first kappa shape index (κ1) is 38.7. The van der Waals surface area contributed by atoms with E-state index in [1.165, 1.54) is 34.4 Å². The molecule has 0 aromatic carbocycles. The van der Waals surface area contributed by atoms with Crippen molar-refractivity contribution in [2.75, 3.05) is 34.5 Å². The van der Waals surface area contributed by atoms with E-state index in [2.05, 4.69) is 29.9 Å². The summed E-state index contributed by atoms with van der Waals surface area (Å²) >= 11 is 0. The Balaban J connectivity index is 2.04. The molecule has 3 rings (SSSR count). The summed E-state index contributed by atoms with van der Waals surface area (Å²) in [7, 11) is -9.69. The van der Waals surface area contributed by atoms with Crippen molar-refractivity contribution < 1.29 is 54.0 Å². The SMILES string of the molecule is COc1cnc([C@@H](O)[C@@H](CO[C@@H](c2cnc(OC)cn2)[C@@H](CO[C@H](c2cnc(OC)cn2)[C@H](C)S(N)(=O)=O)S(N)(=O)=O)S(N)(=O)=O)cn1. The lowest BCUT2D eigenvalue weighted by Crippen LogP contribution is -2.43. The number of methoxy groups -OCH3 is 3. The van der Waals surface area contributed by atoms with E-state index in [4.69, 9.17) is 39.1 Å². The highest BCUT2D eigenvalue weighted by Gasteiger charge is 2.40. The van der Waals surface area contributed by atoms with Gasteiger partial charge in [-0.2, -0.15) is 0 Å². The third-order valence-electron chi connectivity index (χ3n) is 6.82. The number of ether oxygens (including phenoxy) is 5. The Hall–Kier alpha value is -3.75. The Labute approximate surface area is 276 Å². The quantitative estimate of drug-likeness (QED) is 0.106. The summed E-state index contributed by atoms with van der Waals surface area (Å²) in [5.41, 5.74) is -0.498. The van der Waals surface area contributed by atoms with Crippen LogP contribution in [0.4, 0.5) is 0 Å². The summed E-state index contributed by atoms with van der Waals surface area (Å²) in [6.07, 6.45) is 1.48. The predicted molar refractivity (Wildman–Crippen MR) is 164 cm³/mol. The van der Waals surface area contributed by atoms with Gasteiger partial charge >= 0.3 is 0 Å². The summed E-state index contributed by atoms with van der Waals surface area (Å²) in [5, 5.41) is 22.0. The van der Waals surface area contributed by atoms with E-state index in [1.54, 1.807) is 0 Å². The normalized spacial score (nSPS) is 16.2. The maximum absolute atomic E-state index is 13.1. The number of sulfonamides is 3. The number of primary sulfonamides is 3. The first-order chi connectivity index (χ1) is 22.4. The smallest absolute Gasteiger partial charge is 0.231 e. The first-order valence-corrected chi connectivity index (χ1v) is 18.3. The van der Waals surface area contributed by atoms with Gasteiger partial charge in [0, 0.05) is 0 Å². The second-order valence-electron chi connectivity index (χ2n) is 9.95. The lowest BCUT2D eigenvalue weighted by molar-refractivity contribution is -0.0115. The molecule has 0 aliphatic carbocycles. The summed E-state index contributed by atoms with van der Waals surface area (Å²) in [6.45, 7) is -0.637. The van der Waals surface area contributed by atoms with Gasteiger partial charge in [-0.1, -0.05) is 0 Å². The third kappa shape index (κ3) is 10.1. The van der Waals surface area contributed by atoms with Gasteiger partial charge in [-0.15, -0.1) is 0 Å². The van der Waals surface area contributed by atoms with Crippen LogP contribution >= 0.6 is 0 Å². The molecule has 0 aliphatic rings. The second kappa shape index (κ2) is 16.1. The fourth-order valence-corrected chi connectivity index (χ4v) is 6.23. The number of aliphatic hydroxyl groups is 1. The van der Waals surface area contributed by atoms with Gasteiger partial charge in [0.05, 0.1) is 88.8 Å². The van der Waals surface area contributed by atoms with Crippen LogP contribution in [-0.2, 0) is 39.5 Å². The van der Waals surface area contributed by atoms with E-state index in [0.29, 0.717) is 0 Å². The van der Waals surface area contributed by atoms with Crippen LogP contribution < -0.4 is 29.6 Å². The summed E-state index contributed by atoms with van der Waals surface area (Å²) in [4.78, 5) is 24.0. The fraction of sp³-hybridized carbons (Fsp3) is 0.500. The van der Waals surface area contributed by atoms with Gasteiger partial charge in [-0.05, 0) is 6.92 Å². The van der Waals surface area contributed by atoms with Crippen LogP contribution in [0, 0.1) is 0 Å². The number of hydrogen-bond acceptors (Lipinski definition) is 18. The second-order valence-corrected chi connectivity index (χ2v) is 15.4. The Kier molecular flexibility index (Phi) is 13.0. The Morgan fingerprint density at radius 3 is 1.31 bits per heavy atom. The highest BCUT2D eigenvalue weighted by Crippen LogP contribution is 2.31. The molecule has 3 aromatic heterocycles. The average molecular weight is 738 g/mol. The largest absolute Gasteiger partial charge is 0.480 e. The number of aliphatic hydroxyl groups excluding tert-OH is 1. The van der Waals surface area contributed by atoms with E-state index in [9.17, 15) is 30.4 Å². The molecule has 3 aromatic rings. The minimum atomic E-state index is -4.71. The maximum Gasteiger partial charge on any atom is 0.231 e.